The van der Waals surface area contributed by atoms with Gasteiger partial charge in [-0.2, -0.15) is 0 Å². The topological polar surface area (TPSA) is 125 Å². The molecule has 8 nitrogen and oxygen atoms in total. The first kappa shape index (κ1) is 18.1. The average Bonchev–Trinajstić information content (AvgIpc) is 2.67. The van der Waals surface area contributed by atoms with Crippen molar-refractivity contribution in [1.29, 1.82) is 0 Å². The Balaban J connectivity index is 1.92. The number of pyridine rings is 1. The maximum absolute atomic E-state index is 12.3. The second kappa shape index (κ2) is 7.69. The van der Waals surface area contributed by atoms with E-state index < -0.39 is 23.5 Å². The first-order chi connectivity index (χ1) is 13.0. The van der Waals surface area contributed by atoms with Crippen LogP contribution in [0.5, 0.6) is 5.75 Å². The Hall–Kier alpha value is -3.68. The molecule has 0 saturated heterocycles. The Morgan fingerprint density at radius 1 is 1.30 bits per heavy atom. The second-order valence-corrected chi connectivity index (χ2v) is 5.83. The fourth-order valence-corrected chi connectivity index (χ4v) is 2.69. The molecule has 27 heavy (non-hydrogen) atoms. The number of ether oxygens (including phenoxy) is 1. The maximum Gasteiger partial charge on any atom is 0.336 e. The van der Waals surface area contributed by atoms with Crippen LogP contribution in [-0.2, 0) is 11.2 Å². The lowest BCUT2D eigenvalue weighted by Gasteiger charge is -2.16. The summed E-state index contributed by atoms with van der Waals surface area (Å²) in [4.78, 5) is 39.9. The highest BCUT2D eigenvalue weighted by Gasteiger charge is 2.21. The number of benzene rings is 1. The lowest BCUT2D eigenvalue weighted by Crippen LogP contribution is -2.46. The number of aromatic nitrogens is 1. The number of nitrogens with zero attached hydrogens (tertiary/aromatic N) is 1. The highest BCUT2D eigenvalue weighted by Crippen LogP contribution is 2.23. The van der Waals surface area contributed by atoms with Gasteiger partial charge >= 0.3 is 5.63 Å². The molecule has 0 saturated carbocycles. The van der Waals surface area contributed by atoms with Crippen molar-refractivity contribution in [2.45, 2.75) is 12.5 Å². The van der Waals surface area contributed by atoms with Crippen molar-refractivity contribution in [3.63, 3.8) is 0 Å². The summed E-state index contributed by atoms with van der Waals surface area (Å²) in [5.74, 6) is -0.679. The number of methoxy groups -OCH3 is 1. The molecule has 8 heteroatoms. The van der Waals surface area contributed by atoms with Gasteiger partial charge in [0.05, 0.1) is 12.7 Å². The van der Waals surface area contributed by atoms with Crippen molar-refractivity contribution in [2.75, 3.05) is 7.11 Å². The number of rotatable bonds is 6. The zero-order valence-corrected chi connectivity index (χ0v) is 14.5. The van der Waals surface area contributed by atoms with Crippen LogP contribution < -0.4 is 21.4 Å². The van der Waals surface area contributed by atoms with Gasteiger partial charge in [0.1, 0.15) is 17.4 Å². The van der Waals surface area contributed by atoms with E-state index >= 15 is 0 Å². The van der Waals surface area contributed by atoms with Crippen LogP contribution in [0.1, 0.15) is 15.9 Å². The minimum atomic E-state index is -1.01. The lowest BCUT2D eigenvalue weighted by atomic mass is 10.0. The molecule has 0 spiro atoms. The van der Waals surface area contributed by atoms with E-state index in [0.29, 0.717) is 27.8 Å². The minimum absolute atomic E-state index is 0.0375. The van der Waals surface area contributed by atoms with E-state index in [9.17, 15) is 14.4 Å². The Bertz CT molecular complexity index is 1050. The number of amides is 2. The van der Waals surface area contributed by atoms with E-state index in [1.54, 1.807) is 30.3 Å². The molecule has 0 fully saturated rings. The number of primary amides is 1. The quantitative estimate of drug-likeness (QED) is 0.627. The molecule has 0 aliphatic carbocycles. The summed E-state index contributed by atoms with van der Waals surface area (Å²) in [6.07, 6.45) is 2.95. The van der Waals surface area contributed by atoms with Gasteiger partial charge in [-0.1, -0.05) is 0 Å². The van der Waals surface area contributed by atoms with Gasteiger partial charge in [-0.3, -0.25) is 14.6 Å². The van der Waals surface area contributed by atoms with Gasteiger partial charge in [0.2, 0.25) is 5.91 Å². The molecular weight excluding hydrogens is 350 g/mol. The Labute approximate surface area is 154 Å². The molecule has 3 rings (SSSR count). The van der Waals surface area contributed by atoms with E-state index in [0.717, 1.165) is 0 Å². The van der Waals surface area contributed by atoms with Gasteiger partial charge < -0.3 is 20.2 Å². The van der Waals surface area contributed by atoms with E-state index in [-0.39, 0.29) is 6.42 Å². The Kier molecular flexibility index (Phi) is 5.16. The number of hydrogen-bond donors (Lipinski definition) is 2. The number of carbonyl (C=O) groups excluding carboxylic acids is 2. The predicted octanol–water partition coefficient (Wildman–Crippen LogP) is 1.02. The summed E-state index contributed by atoms with van der Waals surface area (Å²) < 4.78 is 10.3. The minimum Gasteiger partial charge on any atom is -0.497 e. The van der Waals surface area contributed by atoms with Crippen LogP contribution in [0.4, 0.5) is 0 Å². The zero-order valence-electron chi connectivity index (χ0n) is 14.5. The largest absolute Gasteiger partial charge is 0.497 e. The summed E-state index contributed by atoms with van der Waals surface area (Å²) in [7, 11) is 1.50. The van der Waals surface area contributed by atoms with Crippen LogP contribution in [0.25, 0.3) is 11.0 Å². The van der Waals surface area contributed by atoms with E-state index in [4.69, 9.17) is 14.9 Å². The summed E-state index contributed by atoms with van der Waals surface area (Å²) in [6.45, 7) is 0. The highest BCUT2D eigenvalue weighted by atomic mass is 16.5. The van der Waals surface area contributed by atoms with Crippen molar-refractivity contribution in [1.82, 2.24) is 10.3 Å². The summed E-state index contributed by atoms with van der Waals surface area (Å²) >= 11 is 0. The highest BCUT2D eigenvalue weighted by molar-refractivity contribution is 5.97. The fourth-order valence-electron chi connectivity index (χ4n) is 2.69. The number of carbonyl (C=O) groups is 2. The average molecular weight is 367 g/mol. The first-order valence-electron chi connectivity index (χ1n) is 8.09. The molecule has 0 bridgehead atoms. The predicted molar refractivity (Wildman–Crippen MR) is 97.4 cm³/mol. The van der Waals surface area contributed by atoms with Crippen molar-refractivity contribution >= 4 is 22.8 Å². The third kappa shape index (κ3) is 4.12. The molecule has 1 aromatic carbocycles. The molecule has 2 amide bonds. The van der Waals surface area contributed by atoms with Gasteiger partial charge in [-0.25, -0.2) is 4.79 Å². The van der Waals surface area contributed by atoms with Gasteiger partial charge in [-0.15, -0.1) is 0 Å². The zero-order chi connectivity index (χ0) is 19.4. The van der Waals surface area contributed by atoms with Crippen LogP contribution in [0.15, 0.2) is 58.0 Å². The van der Waals surface area contributed by atoms with Gasteiger partial charge in [0.15, 0.2) is 0 Å². The summed E-state index contributed by atoms with van der Waals surface area (Å²) in [6, 6.07) is 8.45. The lowest BCUT2D eigenvalue weighted by molar-refractivity contribution is -0.119. The molecule has 2 heterocycles. The molecule has 1 atom stereocenters. The molecule has 3 N–H and O–H groups in total. The molecule has 0 aliphatic rings. The Morgan fingerprint density at radius 3 is 2.78 bits per heavy atom. The van der Waals surface area contributed by atoms with E-state index in [1.807, 2.05) is 0 Å². The smallest absolute Gasteiger partial charge is 0.336 e. The van der Waals surface area contributed by atoms with Gasteiger partial charge in [0, 0.05) is 36.3 Å². The van der Waals surface area contributed by atoms with E-state index in [1.165, 1.54) is 25.6 Å². The summed E-state index contributed by atoms with van der Waals surface area (Å²) in [5.41, 5.74) is 6.01. The molecule has 0 radical (unpaired) electrons. The maximum atomic E-state index is 12.3. The standard InChI is InChI=1S/C19H17N3O5/c1-26-13-4-5-14-12(8-17(23)27-16(14)9-13)7-15(18(20)24)22-19(25)11-3-2-6-21-10-11/h2-6,8-10,15H,7H2,1H3,(H2,20,24)(H,22,25)/t15-/m1/s1. The van der Waals surface area contributed by atoms with Crippen molar-refractivity contribution in [3.8, 4) is 5.75 Å². The molecule has 138 valence electrons. The summed E-state index contributed by atoms with van der Waals surface area (Å²) in [5, 5.41) is 3.20. The van der Waals surface area contributed by atoms with Crippen LogP contribution in [0.2, 0.25) is 0 Å². The molecule has 0 unspecified atom stereocenters. The van der Waals surface area contributed by atoms with Crippen LogP contribution in [0, 0.1) is 0 Å². The number of nitrogens with one attached hydrogen (secondary N) is 1. The number of fused-ring (bicyclic) bond motifs is 1. The van der Waals surface area contributed by atoms with Crippen LogP contribution >= 0.6 is 0 Å². The monoisotopic (exact) mass is 367 g/mol. The molecular formula is C19H17N3O5. The SMILES string of the molecule is COc1ccc2c(C[C@@H](NC(=O)c3cccnc3)C(N)=O)cc(=O)oc2c1. The number of hydrogen-bond acceptors (Lipinski definition) is 6. The molecule has 2 aromatic heterocycles. The van der Waals surface area contributed by atoms with Crippen molar-refractivity contribution < 1.29 is 18.7 Å². The molecule has 3 aromatic rings. The van der Waals surface area contributed by atoms with Crippen molar-refractivity contribution in [2.24, 2.45) is 5.73 Å². The first-order valence-corrected chi connectivity index (χ1v) is 8.09. The Morgan fingerprint density at radius 2 is 2.11 bits per heavy atom. The van der Waals surface area contributed by atoms with E-state index in [2.05, 4.69) is 10.3 Å². The van der Waals surface area contributed by atoms with Gasteiger partial charge in [0.25, 0.3) is 5.91 Å². The van der Waals surface area contributed by atoms with Crippen molar-refractivity contribution in [3.05, 3.63) is 70.3 Å². The van der Waals surface area contributed by atoms with Gasteiger partial charge in [-0.05, 0) is 29.8 Å². The third-order valence-corrected chi connectivity index (χ3v) is 4.03. The van der Waals surface area contributed by atoms with Crippen LogP contribution in [0.3, 0.4) is 0 Å². The fraction of sp³-hybridized carbons (Fsp3) is 0.158. The molecule has 0 aliphatic heterocycles. The normalized spacial score (nSPS) is 11.7. The second-order valence-electron chi connectivity index (χ2n) is 5.83. The van der Waals surface area contributed by atoms with Crippen LogP contribution in [-0.4, -0.2) is 29.9 Å². The number of nitrogens with two attached hydrogens (primary N) is 1. The third-order valence-electron chi connectivity index (χ3n) is 4.03.